The molecule has 3 rings (SSSR count). The van der Waals surface area contributed by atoms with Gasteiger partial charge in [0.1, 0.15) is 16.7 Å². The van der Waals surface area contributed by atoms with E-state index in [2.05, 4.69) is 15.9 Å². The van der Waals surface area contributed by atoms with Crippen molar-refractivity contribution in [2.75, 3.05) is 11.9 Å². The Hall–Kier alpha value is -3.48. The van der Waals surface area contributed by atoms with Crippen molar-refractivity contribution in [2.24, 2.45) is 0 Å². The summed E-state index contributed by atoms with van der Waals surface area (Å²) in [5.74, 6) is 0. The van der Waals surface area contributed by atoms with Crippen LogP contribution in [0.2, 0.25) is 0 Å². The summed E-state index contributed by atoms with van der Waals surface area (Å²) in [6.07, 6.45) is 1.14. The SMILES string of the molecule is CN(c1ccccc1)c1ccc(C=C(C#N)S(=O)(=O)c2ccc(Br)cc2)cc1[N+](=O)[O-]. The number of halogens is 1. The van der Waals surface area contributed by atoms with Gasteiger partial charge in [0, 0.05) is 23.3 Å². The van der Waals surface area contributed by atoms with Crippen LogP contribution in [0.1, 0.15) is 5.56 Å². The van der Waals surface area contributed by atoms with Gasteiger partial charge < -0.3 is 4.90 Å². The van der Waals surface area contributed by atoms with E-state index in [-0.39, 0.29) is 16.1 Å². The van der Waals surface area contributed by atoms with Gasteiger partial charge in [0.2, 0.25) is 9.84 Å². The average Bonchev–Trinajstić information content (AvgIpc) is 2.77. The van der Waals surface area contributed by atoms with Gasteiger partial charge in [0.05, 0.1) is 9.82 Å². The van der Waals surface area contributed by atoms with Crippen molar-refractivity contribution in [2.45, 2.75) is 4.90 Å². The first-order chi connectivity index (χ1) is 14.7. The van der Waals surface area contributed by atoms with Crippen LogP contribution in [0.15, 0.2) is 87.1 Å². The molecule has 7 nitrogen and oxygen atoms in total. The molecule has 0 saturated heterocycles. The number of allylic oxidation sites excluding steroid dienone is 1. The minimum atomic E-state index is -4.07. The lowest BCUT2D eigenvalue weighted by Crippen LogP contribution is -2.11. The molecule has 0 bridgehead atoms. The Morgan fingerprint density at radius 2 is 1.74 bits per heavy atom. The number of rotatable bonds is 6. The predicted octanol–water partition coefficient (Wildman–Crippen LogP) is 5.46. The van der Waals surface area contributed by atoms with Gasteiger partial charge in [-0.1, -0.05) is 40.2 Å². The smallest absolute Gasteiger partial charge is 0.293 e. The number of hydrogen-bond donors (Lipinski definition) is 0. The molecule has 156 valence electrons. The molecule has 0 fully saturated rings. The molecule has 0 heterocycles. The molecule has 3 aromatic carbocycles. The normalized spacial score (nSPS) is 11.6. The standard InChI is InChI=1S/C22H16BrN3O4S/c1-25(18-5-3-2-4-6-18)21-12-7-16(14-22(21)26(27)28)13-20(15-24)31(29,30)19-10-8-17(23)9-11-19/h2-14H,1H3. The summed E-state index contributed by atoms with van der Waals surface area (Å²) in [6.45, 7) is 0. The number of nitro groups is 1. The van der Waals surface area contributed by atoms with E-state index in [1.807, 2.05) is 30.3 Å². The quantitative estimate of drug-likeness (QED) is 0.254. The summed E-state index contributed by atoms with van der Waals surface area (Å²) in [6, 6.07) is 21.0. The van der Waals surface area contributed by atoms with Gasteiger partial charge in [-0.15, -0.1) is 0 Å². The van der Waals surface area contributed by atoms with Crippen LogP contribution in [-0.4, -0.2) is 20.4 Å². The van der Waals surface area contributed by atoms with Gasteiger partial charge in [0.25, 0.3) is 5.69 Å². The number of para-hydroxylation sites is 1. The monoisotopic (exact) mass is 497 g/mol. The van der Waals surface area contributed by atoms with E-state index in [1.54, 1.807) is 30.1 Å². The molecule has 0 N–H and O–H groups in total. The lowest BCUT2D eigenvalue weighted by molar-refractivity contribution is -0.384. The molecule has 0 spiro atoms. The fraction of sp³-hybridized carbons (Fsp3) is 0.0455. The number of hydrogen-bond acceptors (Lipinski definition) is 6. The fourth-order valence-electron chi connectivity index (χ4n) is 2.91. The van der Waals surface area contributed by atoms with Crippen LogP contribution in [0.25, 0.3) is 6.08 Å². The molecule has 0 aliphatic carbocycles. The molecule has 3 aromatic rings. The van der Waals surface area contributed by atoms with Crippen LogP contribution < -0.4 is 4.90 Å². The summed E-state index contributed by atoms with van der Waals surface area (Å²) in [5, 5.41) is 21.1. The highest BCUT2D eigenvalue weighted by molar-refractivity contribution is 9.10. The number of anilines is 2. The highest BCUT2D eigenvalue weighted by Crippen LogP contribution is 2.34. The average molecular weight is 498 g/mol. The number of benzene rings is 3. The minimum absolute atomic E-state index is 0.0431. The van der Waals surface area contributed by atoms with E-state index >= 15 is 0 Å². The van der Waals surface area contributed by atoms with Gasteiger partial charge >= 0.3 is 0 Å². The molecule has 0 saturated carbocycles. The molecular weight excluding hydrogens is 482 g/mol. The number of nitriles is 1. The van der Waals surface area contributed by atoms with Gasteiger partial charge in [-0.05, 0) is 54.1 Å². The minimum Gasteiger partial charge on any atom is -0.339 e. The maximum Gasteiger partial charge on any atom is 0.293 e. The molecular formula is C22H16BrN3O4S. The zero-order chi connectivity index (χ0) is 22.6. The summed E-state index contributed by atoms with van der Waals surface area (Å²) in [4.78, 5) is 12.3. The van der Waals surface area contributed by atoms with Gasteiger partial charge in [-0.3, -0.25) is 10.1 Å². The van der Waals surface area contributed by atoms with E-state index < -0.39 is 19.7 Å². The van der Waals surface area contributed by atoms with Crippen LogP contribution in [0.4, 0.5) is 17.1 Å². The van der Waals surface area contributed by atoms with Gasteiger partial charge in [0.15, 0.2) is 0 Å². The molecule has 0 aromatic heterocycles. The third-order valence-electron chi connectivity index (χ3n) is 4.52. The maximum atomic E-state index is 12.8. The Morgan fingerprint density at radius 3 is 2.32 bits per heavy atom. The first-order valence-corrected chi connectivity index (χ1v) is 11.2. The van der Waals surface area contributed by atoms with Crippen molar-refractivity contribution in [3.8, 4) is 6.07 Å². The Balaban J connectivity index is 2.05. The molecule has 0 aliphatic heterocycles. The molecule has 0 amide bonds. The van der Waals surface area contributed by atoms with Gasteiger partial charge in [-0.25, -0.2) is 8.42 Å². The molecule has 0 unspecified atom stereocenters. The first kappa shape index (κ1) is 22.2. The topological polar surface area (TPSA) is 104 Å². The lowest BCUT2D eigenvalue weighted by atomic mass is 10.1. The van der Waals surface area contributed by atoms with Crippen LogP contribution in [0.3, 0.4) is 0 Å². The molecule has 0 atom stereocenters. The van der Waals surface area contributed by atoms with Crippen molar-refractivity contribution in [3.05, 3.63) is 97.9 Å². The third kappa shape index (κ3) is 4.82. The largest absolute Gasteiger partial charge is 0.339 e. The van der Waals surface area contributed by atoms with Gasteiger partial charge in [-0.2, -0.15) is 5.26 Å². The summed E-state index contributed by atoms with van der Waals surface area (Å²) >= 11 is 3.23. The maximum absolute atomic E-state index is 12.8. The van der Waals surface area contributed by atoms with E-state index in [1.165, 1.54) is 30.3 Å². The number of nitrogens with zero attached hydrogens (tertiary/aromatic N) is 3. The summed E-state index contributed by atoms with van der Waals surface area (Å²) in [7, 11) is -2.37. The second-order valence-electron chi connectivity index (χ2n) is 6.48. The van der Waals surface area contributed by atoms with Crippen molar-refractivity contribution in [1.82, 2.24) is 0 Å². The van der Waals surface area contributed by atoms with E-state index in [0.29, 0.717) is 10.2 Å². The Morgan fingerprint density at radius 1 is 1.10 bits per heavy atom. The molecule has 0 aliphatic rings. The lowest BCUT2D eigenvalue weighted by Gasteiger charge is -2.19. The van der Waals surface area contributed by atoms with Crippen LogP contribution in [0, 0.1) is 21.4 Å². The van der Waals surface area contributed by atoms with Crippen molar-refractivity contribution in [1.29, 1.82) is 5.26 Å². The highest BCUT2D eigenvalue weighted by atomic mass is 79.9. The second-order valence-corrected chi connectivity index (χ2v) is 9.31. The first-order valence-electron chi connectivity index (χ1n) is 8.93. The van der Waals surface area contributed by atoms with Crippen LogP contribution >= 0.6 is 15.9 Å². The Kier molecular flexibility index (Phi) is 6.53. The molecule has 0 radical (unpaired) electrons. The third-order valence-corrected chi connectivity index (χ3v) is 6.73. The summed E-state index contributed by atoms with van der Waals surface area (Å²) in [5.41, 5.74) is 1.11. The Bertz CT molecular complexity index is 1300. The number of nitro benzene ring substituents is 1. The number of sulfone groups is 1. The molecule has 9 heteroatoms. The van der Waals surface area contributed by atoms with Crippen molar-refractivity contribution in [3.63, 3.8) is 0 Å². The predicted molar refractivity (Wildman–Crippen MR) is 123 cm³/mol. The van der Waals surface area contributed by atoms with E-state index in [0.717, 1.165) is 11.8 Å². The zero-order valence-electron chi connectivity index (χ0n) is 16.3. The van der Waals surface area contributed by atoms with Crippen LogP contribution in [0.5, 0.6) is 0 Å². The van der Waals surface area contributed by atoms with E-state index in [9.17, 15) is 23.8 Å². The zero-order valence-corrected chi connectivity index (χ0v) is 18.7. The fourth-order valence-corrected chi connectivity index (χ4v) is 4.34. The van der Waals surface area contributed by atoms with E-state index in [4.69, 9.17) is 0 Å². The van der Waals surface area contributed by atoms with Crippen molar-refractivity contribution < 1.29 is 13.3 Å². The summed E-state index contributed by atoms with van der Waals surface area (Å²) < 4.78 is 26.3. The van der Waals surface area contributed by atoms with Crippen molar-refractivity contribution >= 4 is 48.9 Å². The Labute approximate surface area is 188 Å². The van der Waals surface area contributed by atoms with Crippen LogP contribution in [-0.2, 0) is 9.84 Å². The second kappa shape index (κ2) is 9.12. The molecule has 31 heavy (non-hydrogen) atoms. The highest BCUT2D eigenvalue weighted by Gasteiger charge is 2.23.